The molecule has 3 atom stereocenters. The zero-order valence-corrected chi connectivity index (χ0v) is 27.3. The van der Waals surface area contributed by atoms with Crippen LogP contribution in [0.3, 0.4) is 0 Å². The molecule has 0 spiro atoms. The second-order valence-electron chi connectivity index (χ2n) is 12.7. The second-order valence-corrected chi connectivity index (χ2v) is 12.7. The molecule has 0 saturated heterocycles. The van der Waals surface area contributed by atoms with Gasteiger partial charge in [0.25, 0.3) is 5.91 Å². The molecule has 1 heterocycles. The highest BCUT2D eigenvalue weighted by atomic mass is 16.5. The number of carbonyl (C=O) groups excluding carboxylic acids is 3. The fourth-order valence-electron chi connectivity index (χ4n) is 6.40. The molecule has 4 aromatic rings. The van der Waals surface area contributed by atoms with Crippen molar-refractivity contribution in [2.45, 2.75) is 58.2 Å². The van der Waals surface area contributed by atoms with Crippen LogP contribution in [0, 0.1) is 17.8 Å². The summed E-state index contributed by atoms with van der Waals surface area (Å²) in [5.41, 5.74) is 9.62. The molecule has 3 unspecified atom stereocenters. The summed E-state index contributed by atoms with van der Waals surface area (Å²) in [6, 6.07) is 34.5. The minimum atomic E-state index is -1.22. The van der Waals surface area contributed by atoms with Crippen LogP contribution in [-0.2, 0) is 20.9 Å². The summed E-state index contributed by atoms with van der Waals surface area (Å²) in [4.78, 5) is 48.1. The van der Waals surface area contributed by atoms with Gasteiger partial charge in [-0.25, -0.2) is 4.99 Å². The molecular formula is C40H42N4O4. The van der Waals surface area contributed by atoms with E-state index < -0.39 is 23.9 Å². The van der Waals surface area contributed by atoms with Crippen LogP contribution in [-0.4, -0.2) is 29.6 Å². The lowest BCUT2D eigenvalue weighted by Crippen LogP contribution is -2.50. The van der Waals surface area contributed by atoms with Crippen molar-refractivity contribution in [1.82, 2.24) is 5.32 Å². The van der Waals surface area contributed by atoms with E-state index in [4.69, 9.17) is 15.5 Å². The molecule has 1 fully saturated rings. The van der Waals surface area contributed by atoms with Crippen molar-refractivity contribution in [3.05, 3.63) is 126 Å². The van der Waals surface area contributed by atoms with Crippen LogP contribution in [0.15, 0.2) is 114 Å². The summed E-state index contributed by atoms with van der Waals surface area (Å²) in [7, 11) is 0. The number of aliphatic imine (C=N–C) groups is 1. The van der Waals surface area contributed by atoms with Crippen LogP contribution < -0.4 is 20.7 Å². The van der Waals surface area contributed by atoms with E-state index in [1.165, 1.54) is 0 Å². The summed E-state index contributed by atoms with van der Waals surface area (Å²) in [6.07, 6.45) is 3.61. The number of nitrogens with two attached hydrogens (primary N) is 1. The van der Waals surface area contributed by atoms with Gasteiger partial charge in [-0.15, -0.1) is 0 Å². The minimum Gasteiger partial charge on any atom is -0.457 e. The Labute approximate surface area is 282 Å². The molecule has 2 aliphatic rings. The first-order valence-corrected chi connectivity index (χ1v) is 16.9. The zero-order chi connectivity index (χ0) is 33.5. The number of para-hydroxylation sites is 2. The molecule has 1 aliphatic carbocycles. The van der Waals surface area contributed by atoms with Crippen LogP contribution in [0.25, 0.3) is 0 Å². The maximum Gasteiger partial charge on any atom is 0.272 e. The monoisotopic (exact) mass is 642 g/mol. The van der Waals surface area contributed by atoms with E-state index >= 15 is 0 Å². The molecule has 8 nitrogen and oxygen atoms in total. The number of unbranched alkanes of at least 4 members (excludes halogenated alkanes) is 1. The van der Waals surface area contributed by atoms with Gasteiger partial charge in [0.15, 0.2) is 0 Å². The van der Waals surface area contributed by atoms with Gasteiger partial charge in [0.1, 0.15) is 11.5 Å². The number of fused-ring (bicyclic) bond motifs is 1. The predicted octanol–water partition coefficient (Wildman–Crippen LogP) is 7.01. The van der Waals surface area contributed by atoms with Gasteiger partial charge >= 0.3 is 0 Å². The Kier molecular flexibility index (Phi) is 10.3. The predicted molar refractivity (Wildman–Crippen MR) is 188 cm³/mol. The van der Waals surface area contributed by atoms with Crippen LogP contribution in [0.1, 0.15) is 62.1 Å². The lowest BCUT2D eigenvalue weighted by molar-refractivity contribution is -0.135. The highest BCUT2D eigenvalue weighted by Gasteiger charge is 2.40. The van der Waals surface area contributed by atoms with Gasteiger partial charge in [-0.3, -0.25) is 14.4 Å². The number of benzodiazepines with no additional fused rings is 1. The molecular weight excluding hydrogens is 600 g/mol. The number of rotatable bonds is 14. The SMILES string of the molecule is CCCCC(C(N)=O)C(CC1CC1)C(=O)NC1N=C(c2ccccc2)c2ccccc2N(Cc2cccc(Oc3ccccc3)c2)C1=O. The molecule has 8 heteroatoms. The second kappa shape index (κ2) is 15.1. The maximum absolute atomic E-state index is 14.6. The molecule has 3 N–H and O–H groups in total. The normalized spacial score (nSPS) is 17.0. The first kappa shape index (κ1) is 32.7. The van der Waals surface area contributed by atoms with E-state index in [2.05, 4.69) is 5.32 Å². The Hall–Kier alpha value is -5.24. The van der Waals surface area contributed by atoms with E-state index in [-0.39, 0.29) is 18.4 Å². The fraction of sp³-hybridized carbons (Fsp3) is 0.300. The topological polar surface area (TPSA) is 114 Å². The van der Waals surface area contributed by atoms with Crippen LogP contribution in [0.2, 0.25) is 0 Å². The van der Waals surface area contributed by atoms with E-state index in [1.54, 1.807) is 4.90 Å². The van der Waals surface area contributed by atoms with Crippen molar-refractivity contribution in [3.8, 4) is 11.5 Å². The number of anilines is 1. The van der Waals surface area contributed by atoms with E-state index in [0.29, 0.717) is 41.7 Å². The summed E-state index contributed by atoms with van der Waals surface area (Å²) >= 11 is 0. The van der Waals surface area contributed by atoms with Crippen molar-refractivity contribution in [1.29, 1.82) is 0 Å². The van der Waals surface area contributed by atoms with Crippen LogP contribution >= 0.6 is 0 Å². The number of carbonyl (C=O) groups is 3. The molecule has 1 saturated carbocycles. The average molecular weight is 643 g/mol. The average Bonchev–Trinajstić information content (AvgIpc) is 3.94. The number of hydrogen-bond donors (Lipinski definition) is 2. The van der Waals surface area contributed by atoms with Crippen LogP contribution in [0.4, 0.5) is 5.69 Å². The maximum atomic E-state index is 14.6. The van der Waals surface area contributed by atoms with Gasteiger partial charge in [-0.05, 0) is 54.7 Å². The van der Waals surface area contributed by atoms with Crippen molar-refractivity contribution in [2.75, 3.05) is 4.90 Å². The third-order valence-electron chi connectivity index (χ3n) is 9.09. The number of primary amides is 1. The smallest absolute Gasteiger partial charge is 0.272 e. The largest absolute Gasteiger partial charge is 0.457 e. The lowest BCUT2D eigenvalue weighted by atomic mass is 9.83. The molecule has 48 heavy (non-hydrogen) atoms. The molecule has 0 aromatic heterocycles. The number of nitrogens with zero attached hydrogens (tertiary/aromatic N) is 2. The molecule has 0 bridgehead atoms. The zero-order valence-electron chi connectivity index (χ0n) is 27.3. The van der Waals surface area contributed by atoms with Gasteiger partial charge in [-0.2, -0.15) is 0 Å². The third-order valence-corrected chi connectivity index (χ3v) is 9.09. The highest BCUT2D eigenvalue weighted by molar-refractivity contribution is 6.20. The Morgan fingerprint density at radius 1 is 0.896 bits per heavy atom. The Bertz CT molecular complexity index is 1770. The summed E-state index contributed by atoms with van der Waals surface area (Å²) < 4.78 is 6.09. The molecule has 4 aromatic carbocycles. The van der Waals surface area contributed by atoms with Crippen molar-refractivity contribution >= 4 is 29.1 Å². The third kappa shape index (κ3) is 7.82. The summed E-state index contributed by atoms with van der Waals surface area (Å²) in [6.45, 7) is 2.27. The number of hydrogen-bond acceptors (Lipinski definition) is 5. The van der Waals surface area contributed by atoms with Gasteiger partial charge < -0.3 is 20.7 Å². The van der Waals surface area contributed by atoms with Gasteiger partial charge in [0.05, 0.1) is 17.9 Å². The number of ether oxygens (including phenoxy) is 1. The van der Waals surface area contributed by atoms with Crippen molar-refractivity contribution < 1.29 is 19.1 Å². The molecule has 1 aliphatic heterocycles. The van der Waals surface area contributed by atoms with E-state index in [0.717, 1.165) is 42.4 Å². The number of amides is 3. The first-order chi connectivity index (χ1) is 23.4. The van der Waals surface area contributed by atoms with E-state index in [1.807, 2.05) is 116 Å². The fourth-order valence-corrected chi connectivity index (χ4v) is 6.40. The Balaban J connectivity index is 1.36. The van der Waals surface area contributed by atoms with Gasteiger partial charge in [-0.1, -0.05) is 111 Å². The van der Waals surface area contributed by atoms with Crippen LogP contribution in [0.5, 0.6) is 11.5 Å². The van der Waals surface area contributed by atoms with Crippen molar-refractivity contribution in [3.63, 3.8) is 0 Å². The first-order valence-electron chi connectivity index (χ1n) is 16.9. The Morgan fingerprint density at radius 3 is 2.29 bits per heavy atom. The minimum absolute atomic E-state index is 0.220. The quantitative estimate of drug-likeness (QED) is 0.154. The number of nitrogens with one attached hydrogen (secondary N) is 1. The number of benzene rings is 4. The Morgan fingerprint density at radius 2 is 1.58 bits per heavy atom. The summed E-state index contributed by atoms with van der Waals surface area (Å²) in [5.74, 6) is -0.706. The standard InChI is InChI=1S/C40H42N4O4/c1-2-3-19-32(37(41)45)34(25-27-22-23-27)39(46)43-38-40(47)44(26-28-13-12-18-31(24-28)48-30-16-8-5-9-17-30)35-21-11-10-20-33(35)36(42-38)29-14-6-4-7-15-29/h4-18,20-21,24,27,32,34,38H,2-3,19,22-23,25-26H2,1H3,(H2,41,45)(H,43,46). The lowest BCUT2D eigenvalue weighted by Gasteiger charge is -2.28. The van der Waals surface area contributed by atoms with Gasteiger partial charge in [0.2, 0.25) is 18.0 Å². The highest BCUT2D eigenvalue weighted by Crippen LogP contribution is 2.39. The molecule has 3 amide bonds. The molecule has 246 valence electrons. The van der Waals surface area contributed by atoms with E-state index in [9.17, 15) is 14.4 Å². The molecule has 0 radical (unpaired) electrons. The summed E-state index contributed by atoms with van der Waals surface area (Å²) in [5, 5.41) is 3.00. The van der Waals surface area contributed by atoms with Crippen molar-refractivity contribution in [2.24, 2.45) is 28.5 Å². The molecule has 6 rings (SSSR count). The van der Waals surface area contributed by atoms with Gasteiger partial charge in [0, 0.05) is 23.0 Å².